The zero-order valence-electron chi connectivity index (χ0n) is 18.2. The summed E-state index contributed by atoms with van der Waals surface area (Å²) in [6.07, 6.45) is 2.42. The Hall–Kier alpha value is -0.590. The fourth-order valence-corrected chi connectivity index (χ4v) is 2.54. The first-order valence-corrected chi connectivity index (χ1v) is 10.0. The van der Waals surface area contributed by atoms with Gasteiger partial charge in [-0.1, -0.05) is 67.5 Å². The minimum absolute atomic E-state index is 0.0907. The van der Waals surface area contributed by atoms with Crippen molar-refractivity contribution in [3.8, 4) is 5.75 Å². The van der Waals surface area contributed by atoms with Crippen molar-refractivity contribution in [3.63, 3.8) is 0 Å². The Labute approximate surface area is 159 Å². The zero-order chi connectivity index (χ0) is 19.8. The number of aryl methyl sites for hydroxylation is 1. The Bertz CT molecular complexity index is 504. The highest BCUT2D eigenvalue weighted by molar-refractivity contribution is 7.09. The molecule has 1 atom stereocenters. The van der Waals surface area contributed by atoms with E-state index < -0.39 is 0 Å². The summed E-state index contributed by atoms with van der Waals surface area (Å²) in [5.74, 6) is 1.10. The van der Waals surface area contributed by atoms with Crippen LogP contribution in [0.5, 0.6) is 5.75 Å². The minimum Gasteiger partial charge on any atom is -0.490 e. The van der Waals surface area contributed by atoms with Gasteiger partial charge < -0.3 is 9.26 Å². The third-order valence-electron chi connectivity index (χ3n) is 4.31. The van der Waals surface area contributed by atoms with Gasteiger partial charge in [0.1, 0.15) is 5.75 Å². The molecule has 0 bridgehead atoms. The predicted molar refractivity (Wildman–Crippen MR) is 115 cm³/mol. The van der Waals surface area contributed by atoms with Gasteiger partial charge in [0.2, 0.25) is 0 Å². The summed E-state index contributed by atoms with van der Waals surface area (Å²) < 4.78 is 10.8. The molecule has 1 unspecified atom stereocenters. The van der Waals surface area contributed by atoms with E-state index in [0.29, 0.717) is 6.10 Å². The Balaban J connectivity index is 0.00000129. The lowest BCUT2D eigenvalue weighted by atomic mass is 9.79. The molecule has 146 valence electrons. The largest absolute Gasteiger partial charge is 0.490 e. The molecular weight excluding hydrogens is 327 g/mol. The fraction of sp³-hybridized carbons (Fsp3) is 0.727. The first-order valence-electron chi connectivity index (χ1n) is 9.56. The molecule has 0 saturated heterocycles. The van der Waals surface area contributed by atoms with Crippen molar-refractivity contribution in [2.45, 2.75) is 99.0 Å². The van der Waals surface area contributed by atoms with Crippen molar-refractivity contribution >= 4 is 9.47 Å². The van der Waals surface area contributed by atoms with Crippen LogP contribution in [-0.4, -0.2) is 12.7 Å². The Morgan fingerprint density at radius 1 is 0.920 bits per heavy atom. The Morgan fingerprint density at radius 2 is 1.40 bits per heavy atom. The molecule has 0 aliphatic rings. The number of ether oxygens (including phenoxy) is 1. The lowest BCUT2D eigenvalue weighted by molar-refractivity contribution is 0.187. The molecule has 0 N–H and O–H groups in total. The molecule has 3 heteroatoms. The maximum absolute atomic E-state index is 6.37. The average molecular weight is 369 g/mol. The minimum atomic E-state index is 0.0907. The second kappa shape index (κ2) is 10.5. The van der Waals surface area contributed by atoms with E-state index >= 15 is 0 Å². The fourth-order valence-electron chi connectivity index (χ4n) is 2.54. The van der Waals surface area contributed by atoms with Crippen LogP contribution in [0.1, 0.15) is 91.8 Å². The highest BCUT2D eigenvalue weighted by Crippen LogP contribution is 2.38. The van der Waals surface area contributed by atoms with Gasteiger partial charge in [-0.3, -0.25) is 0 Å². The highest BCUT2D eigenvalue weighted by atomic mass is 31.0. The monoisotopic (exact) mass is 368 g/mol. The summed E-state index contributed by atoms with van der Waals surface area (Å²) in [6, 6.07) is 4.65. The molecule has 1 aromatic carbocycles. The molecule has 0 amide bonds. The van der Waals surface area contributed by atoms with Crippen molar-refractivity contribution in [1.29, 1.82) is 0 Å². The van der Waals surface area contributed by atoms with E-state index in [1.807, 2.05) is 6.92 Å². The van der Waals surface area contributed by atoms with Crippen LogP contribution in [0.15, 0.2) is 12.1 Å². The van der Waals surface area contributed by atoms with Gasteiger partial charge >= 0.3 is 0 Å². The lowest BCUT2D eigenvalue weighted by Gasteiger charge is -2.30. The second-order valence-electron chi connectivity index (χ2n) is 8.68. The van der Waals surface area contributed by atoms with Crippen molar-refractivity contribution < 1.29 is 9.26 Å². The van der Waals surface area contributed by atoms with Crippen LogP contribution in [-0.2, 0) is 15.4 Å². The molecule has 2 nitrogen and oxygen atoms in total. The van der Waals surface area contributed by atoms with Crippen LogP contribution < -0.4 is 4.74 Å². The summed E-state index contributed by atoms with van der Waals surface area (Å²) in [4.78, 5) is 0. The van der Waals surface area contributed by atoms with E-state index in [-0.39, 0.29) is 10.8 Å². The quantitative estimate of drug-likeness (QED) is 0.522. The van der Waals surface area contributed by atoms with Crippen LogP contribution in [0.2, 0.25) is 0 Å². The topological polar surface area (TPSA) is 18.5 Å². The van der Waals surface area contributed by atoms with Crippen LogP contribution >= 0.6 is 9.47 Å². The molecule has 0 heterocycles. The first kappa shape index (κ1) is 24.4. The van der Waals surface area contributed by atoms with E-state index in [9.17, 15) is 0 Å². The lowest BCUT2D eigenvalue weighted by Crippen LogP contribution is -2.22. The smallest absolute Gasteiger partial charge is 0.126 e. The standard InChI is InChI=1S/C20H34O.C2H7OP/c1-10-16(11-2)21-18-14(3)12-15(19(4,5)6)13-17(18)20(7,8)9;1-2-3-4/h12-13,16H,10-11H2,1-9H3;2,4H2,1H3. The summed E-state index contributed by atoms with van der Waals surface area (Å²) in [7, 11) is 2.16. The molecular formula is C22H41O2P. The van der Waals surface area contributed by atoms with E-state index in [2.05, 4.69) is 88.4 Å². The zero-order valence-corrected chi connectivity index (χ0v) is 19.4. The van der Waals surface area contributed by atoms with Gasteiger partial charge in [-0.15, -0.1) is 0 Å². The maximum Gasteiger partial charge on any atom is 0.126 e. The second-order valence-corrected chi connectivity index (χ2v) is 9.01. The number of hydrogen-bond acceptors (Lipinski definition) is 2. The van der Waals surface area contributed by atoms with Crippen LogP contribution in [0.25, 0.3) is 0 Å². The molecule has 25 heavy (non-hydrogen) atoms. The number of benzene rings is 1. The average Bonchev–Trinajstić information content (AvgIpc) is 2.51. The van der Waals surface area contributed by atoms with Gasteiger partial charge in [-0.2, -0.15) is 0 Å². The predicted octanol–water partition coefficient (Wildman–Crippen LogP) is 6.97. The van der Waals surface area contributed by atoms with Crippen LogP contribution in [0, 0.1) is 6.92 Å². The summed E-state index contributed by atoms with van der Waals surface area (Å²) in [5.41, 5.74) is 4.24. The van der Waals surface area contributed by atoms with Gasteiger partial charge in [-0.05, 0) is 48.6 Å². The molecule has 0 fully saturated rings. The third kappa shape index (κ3) is 8.09. The SMILES string of the molecule is CCC(CC)Oc1c(C)cc(C(C)(C)C)cc1C(C)(C)C.CCOP. The van der Waals surface area contributed by atoms with E-state index in [1.54, 1.807) is 0 Å². The maximum atomic E-state index is 6.37. The van der Waals surface area contributed by atoms with Gasteiger partial charge in [-0.25, -0.2) is 0 Å². The van der Waals surface area contributed by atoms with Gasteiger partial charge in [0.05, 0.1) is 6.10 Å². The Morgan fingerprint density at radius 3 is 1.72 bits per heavy atom. The number of hydrogen-bond donors (Lipinski definition) is 0. The van der Waals surface area contributed by atoms with Crippen molar-refractivity contribution in [3.05, 3.63) is 28.8 Å². The van der Waals surface area contributed by atoms with E-state index in [4.69, 9.17) is 4.74 Å². The normalized spacial score (nSPS) is 12.0. The van der Waals surface area contributed by atoms with Crippen molar-refractivity contribution in [1.82, 2.24) is 0 Å². The molecule has 0 aromatic heterocycles. The third-order valence-corrected chi connectivity index (χ3v) is 4.64. The van der Waals surface area contributed by atoms with Crippen LogP contribution in [0.4, 0.5) is 0 Å². The highest BCUT2D eigenvalue weighted by Gasteiger charge is 2.25. The van der Waals surface area contributed by atoms with Crippen LogP contribution in [0.3, 0.4) is 0 Å². The molecule has 1 aromatic rings. The van der Waals surface area contributed by atoms with Gasteiger partial charge in [0.15, 0.2) is 0 Å². The van der Waals surface area contributed by atoms with Gasteiger partial charge in [0.25, 0.3) is 0 Å². The molecule has 0 saturated carbocycles. The molecule has 0 aliphatic heterocycles. The van der Waals surface area contributed by atoms with Crippen molar-refractivity contribution in [2.75, 3.05) is 6.61 Å². The summed E-state index contributed by atoms with van der Waals surface area (Å²) in [5, 5.41) is 0. The van der Waals surface area contributed by atoms with Crippen molar-refractivity contribution in [2.24, 2.45) is 0 Å². The number of rotatable bonds is 5. The van der Waals surface area contributed by atoms with E-state index in [0.717, 1.165) is 25.2 Å². The molecule has 1 rings (SSSR count). The molecule has 0 radical (unpaired) electrons. The van der Waals surface area contributed by atoms with Gasteiger partial charge in [0, 0.05) is 21.6 Å². The first-order chi connectivity index (χ1) is 11.4. The summed E-state index contributed by atoms with van der Waals surface area (Å²) in [6.45, 7) is 22.9. The Kier molecular flexibility index (Phi) is 10.3. The summed E-state index contributed by atoms with van der Waals surface area (Å²) >= 11 is 0. The molecule has 0 spiro atoms. The molecule has 0 aliphatic carbocycles. The van der Waals surface area contributed by atoms with E-state index in [1.165, 1.54) is 16.7 Å².